The fraction of sp³-hybridized carbons (Fsp3) is 0.267. The molecule has 1 atom stereocenters. The molecule has 2 rings (SSSR count). The molecule has 5 heteroatoms. The molecule has 1 aromatic heterocycles. The zero-order valence-electron chi connectivity index (χ0n) is 11.4. The van der Waals surface area contributed by atoms with Gasteiger partial charge in [0.2, 0.25) is 0 Å². The third kappa shape index (κ3) is 3.33. The van der Waals surface area contributed by atoms with E-state index in [1.54, 1.807) is 30.5 Å². The first-order chi connectivity index (χ1) is 9.61. The molecule has 1 aromatic carbocycles. The summed E-state index contributed by atoms with van der Waals surface area (Å²) in [4.78, 5) is 12.3. The summed E-state index contributed by atoms with van der Waals surface area (Å²) in [6, 6.07) is 8.63. The second-order valence-electron chi connectivity index (χ2n) is 4.43. The minimum atomic E-state index is -0.203. The number of carbonyl (C=O) groups is 1. The highest BCUT2D eigenvalue weighted by atomic mass is 35.5. The van der Waals surface area contributed by atoms with Crippen LogP contribution in [0, 0.1) is 0 Å². The smallest absolute Gasteiger partial charge is 0.254 e. The molecule has 1 amide bonds. The minimum absolute atomic E-state index is 0.188. The van der Waals surface area contributed by atoms with E-state index in [1.165, 1.54) is 0 Å². The van der Waals surface area contributed by atoms with Crippen LogP contribution < -0.4 is 10.6 Å². The predicted octanol–water partition coefficient (Wildman–Crippen LogP) is 3.86. The summed E-state index contributed by atoms with van der Waals surface area (Å²) >= 11 is 5.97. The lowest BCUT2D eigenvalue weighted by atomic mass is 10.1. The Morgan fingerprint density at radius 3 is 2.85 bits per heavy atom. The summed E-state index contributed by atoms with van der Waals surface area (Å²) in [6.07, 6.45) is 1.58. The highest BCUT2D eigenvalue weighted by Gasteiger charge is 2.16. The van der Waals surface area contributed by atoms with Crippen LogP contribution in [0.15, 0.2) is 41.0 Å². The number of halogens is 1. The molecule has 0 saturated heterocycles. The number of anilines is 1. The van der Waals surface area contributed by atoms with Crippen molar-refractivity contribution in [1.82, 2.24) is 5.32 Å². The third-order valence-electron chi connectivity index (χ3n) is 2.91. The molecule has 0 radical (unpaired) electrons. The predicted molar refractivity (Wildman–Crippen MR) is 80.2 cm³/mol. The van der Waals surface area contributed by atoms with E-state index in [9.17, 15) is 4.79 Å². The van der Waals surface area contributed by atoms with Gasteiger partial charge >= 0.3 is 0 Å². The van der Waals surface area contributed by atoms with Crippen LogP contribution >= 0.6 is 11.6 Å². The summed E-state index contributed by atoms with van der Waals surface area (Å²) in [5.74, 6) is 0.526. The zero-order valence-corrected chi connectivity index (χ0v) is 12.2. The van der Waals surface area contributed by atoms with E-state index in [-0.39, 0.29) is 11.9 Å². The van der Waals surface area contributed by atoms with Crippen molar-refractivity contribution in [3.63, 3.8) is 0 Å². The lowest BCUT2D eigenvalue weighted by molar-refractivity contribution is 0.0936. The molecule has 0 saturated carbocycles. The molecule has 0 aliphatic heterocycles. The van der Waals surface area contributed by atoms with Crippen molar-refractivity contribution in [3.05, 3.63) is 52.9 Å². The summed E-state index contributed by atoms with van der Waals surface area (Å²) < 4.78 is 5.28. The van der Waals surface area contributed by atoms with Gasteiger partial charge in [-0.15, -0.1) is 0 Å². The first kappa shape index (κ1) is 14.5. The summed E-state index contributed by atoms with van der Waals surface area (Å²) in [5, 5.41) is 6.57. The summed E-state index contributed by atoms with van der Waals surface area (Å²) in [6.45, 7) is 4.58. The number of carbonyl (C=O) groups excluding carboxylic acids is 1. The molecule has 20 heavy (non-hydrogen) atoms. The van der Waals surface area contributed by atoms with E-state index in [0.717, 1.165) is 12.2 Å². The van der Waals surface area contributed by atoms with Gasteiger partial charge in [0.15, 0.2) is 0 Å². The van der Waals surface area contributed by atoms with Crippen molar-refractivity contribution in [2.24, 2.45) is 0 Å². The quantitative estimate of drug-likeness (QED) is 0.880. The molecule has 106 valence electrons. The summed E-state index contributed by atoms with van der Waals surface area (Å²) in [5.41, 5.74) is 1.29. The van der Waals surface area contributed by atoms with E-state index in [0.29, 0.717) is 16.3 Å². The van der Waals surface area contributed by atoms with Gasteiger partial charge in [-0.05, 0) is 44.2 Å². The van der Waals surface area contributed by atoms with Gasteiger partial charge in [0, 0.05) is 17.3 Å². The van der Waals surface area contributed by atoms with Crippen molar-refractivity contribution >= 4 is 23.2 Å². The monoisotopic (exact) mass is 292 g/mol. The summed E-state index contributed by atoms with van der Waals surface area (Å²) in [7, 11) is 0. The molecule has 0 spiro atoms. The Morgan fingerprint density at radius 2 is 2.20 bits per heavy atom. The maximum absolute atomic E-state index is 12.3. The van der Waals surface area contributed by atoms with Gasteiger partial charge < -0.3 is 15.1 Å². The fourth-order valence-electron chi connectivity index (χ4n) is 1.93. The molecule has 4 nitrogen and oxygen atoms in total. The lowest BCUT2D eigenvalue weighted by Crippen LogP contribution is -2.27. The van der Waals surface area contributed by atoms with Gasteiger partial charge in [-0.25, -0.2) is 0 Å². The van der Waals surface area contributed by atoms with E-state index in [2.05, 4.69) is 10.6 Å². The van der Waals surface area contributed by atoms with E-state index < -0.39 is 0 Å². The minimum Gasteiger partial charge on any atom is -0.467 e. The van der Waals surface area contributed by atoms with Crippen LogP contribution in [0.3, 0.4) is 0 Å². The fourth-order valence-corrected chi connectivity index (χ4v) is 2.10. The lowest BCUT2D eigenvalue weighted by Gasteiger charge is -2.15. The van der Waals surface area contributed by atoms with E-state index >= 15 is 0 Å². The Labute approximate surface area is 123 Å². The number of furan rings is 1. The van der Waals surface area contributed by atoms with Crippen molar-refractivity contribution in [1.29, 1.82) is 0 Å². The highest BCUT2D eigenvalue weighted by Crippen LogP contribution is 2.22. The topological polar surface area (TPSA) is 54.3 Å². The molecular weight excluding hydrogens is 276 g/mol. The van der Waals surface area contributed by atoms with Crippen molar-refractivity contribution in [2.75, 3.05) is 11.9 Å². The van der Waals surface area contributed by atoms with Crippen LogP contribution in [-0.2, 0) is 0 Å². The SMILES string of the molecule is CCNc1ccc(Cl)cc1C(=O)NC(C)c1ccco1. The molecular formula is C15H17ClN2O2. The standard InChI is InChI=1S/C15H17ClN2O2/c1-3-17-13-7-6-11(16)9-12(13)15(19)18-10(2)14-5-4-8-20-14/h4-10,17H,3H2,1-2H3,(H,18,19). The molecule has 0 bridgehead atoms. The highest BCUT2D eigenvalue weighted by molar-refractivity contribution is 6.31. The molecule has 0 aliphatic carbocycles. The third-order valence-corrected chi connectivity index (χ3v) is 3.15. The Kier molecular flexibility index (Phi) is 4.69. The van der Waals surface area contributed by atoms with Crippen LogP contribution in [0.1, 0.15) is 36.0 Å². The van der Waals surface area contributed by atoms with Crippen LogP contribution in [0.5, 0.6) is 0 Å². The van der Waals surface area contributed by atoms with Gasteiger partial charge in [-0.3, -0.25) is 4.79 Å². The number of benzene rings is 1. The second kappa shape index (κ2) is 6.48. The van der Waals surface area contributed by atoms with Crippen molar-refractivity contribution in [2.45, 2.75) is 19.9 Å². The molecule has 1 heterocycles. The normalized spacial score (nSPS) is 11.9. The maximum atomic E-state index is 12.3. The Hall–Kier alpha value is -1.94. The Bertz CT molecular complexity index is 582. The van der Waals surface area contributed by atoms with Crippen molar-refractivity contribution in [3.8, 4) is 0 Å². The number of nitrogens with one attached hydrogen (secondary N) is 2. The maximum Gasteiger partial charge on any atom is 0.254 e. The van der Waals surface area contributed by atoms with Gasteiger partial charge in [0.25, 0.3) is 5.91 Å². The van der Waals surface area contributed by atoms with Gasteiger partial charge in [-0.1, -0.05) is 11.6 Å². The van der Waals surface area contributed by atoms with Crippen LogP contribution in [-0.4, -0.2) is 12.5 Å². The average molecular weight is 293 g/mol. The zero-order chi connectivity index (χ0) is 14.5. The number of amides is 1. The Balaban J connectivity index is 2.18. The first-order valence-corrected chi connectivity index (χ1v) is 6.87. The van der Waals surface area contributed by atoms with Gasteiger partial charge in [-0.2, -0.15) is 0 Å². The molecule has 2 aromatic rings. The largest absolute Gasteiger partial charge is 0.467 e. The average Bonchev–Trinajstić information content (AvgIpc) is 2.95. The molecule has 1 unspecified atom stereocenters. The van der Waals surface area contributed by atoms with E-state index in [1.807, 2.05) is 19.9 Å². The Morgan fingerprint density at radius 1 is 1.40 bits per heavy atom. The van der Waals surface area contributed by atoms with Gasteiger partial charge in [0.1, 0.15) is 5.76 Å². The van der Waals surface area contributed by atoms with Crippen LogP contribution in [0.25, 0.3) is 0 Å². The molecule has 2 N–H and O–H groups in total. The van der Waals surface area contributed by atoms with Crippen LogP contribution in [0.2, 0.25) is 5.02 Å². The number of rotatable bonds is 5. The second-order valence-corrected chi connectivity index (χ2v) is 4.87. The van der Waals surface area contributed by atoms with Crippen LogP contribution in [0.4, 0.5) is 5.69 Å². The van der Waals surface area contributed by atoms with Crippen molar-refractivity contribution < 1.29 is 9.21 Å². The first-order valence-electron chi connectivity index (χ1n) is 6.49. The molecule has 0 aliphatic rings. The molecule has 0 fully saturated rings. The number of hydrogen-bond donors (Lipinski definition) is 2. The van der Waals surface area contributed by atoms with Gasteiger partial charge in [0.05, 0.1) is 17.9 Å². The van der Waals surface area contributed by atoms with E-state index in [4.69, 9.17) is 16.0 Å². The number of hydrogen-bond acceptors (Lipinski definition) is 3.